The number of hydrogen-bond donors (Lipinski definition) is 1. The first-order valence-electron chi connectivity index (χ1n) is 9.22. The summed E-state index contributed by atoms with van der Waals surface area (Å²) in [6, 6.07) is 12.1. The Balaban J connectivity index is 1.67. The molecule has 0 spiro atoms. The molecule has 0 aliphatic carbocycles. The van der Waals surface area contributed by atoms with Gasteiger partial charge >= 0.3 is 0 Å². The van der Waals surface area contributed by atoms with Gasteiger partial charge in [0, 0.05) is 12.5 Å². The number of ether oxygens (including phenoxy) is 2. The van der Waals surface area contributed by atoms with Crippen LogP contribution in [-0.2, 0) is 14.3 Å². The summed E-state index contributed by atoms with van der Waals surface area (Å²) in [7, 11) is 1.65. The van der Waals surface area contributed by atoms with Crippen LogP contribution in [0.4, 0.5) is 0 Å². The van der Waals surface area contributed by atoms with E-state index in [4.69, 9.17) is 9.47 Å². The van der Waals surface area contributed by atoms with Gasteiger partial charge in [0.2, 0.25) is 11.8 Å². The number of amides is 2. The van der Waals surface area contributed by atoms with Crippen molar-refractivity contribution in [2.45, 2.75) is 20.0 Å². The summed E-state index contributed by atoms with van der Waals surface area (Å²) < 4.78 is 11.2. The van der Waals surface area contributed by atoms with Crippen molar-refractivity contribution in [3.05, 3.63) is 42.0 Å². The van der Waals surface area contributed by atoms with Crippen LogP contribution in [0, 0.1) is 5.92 Å². The number of hydrogen-bond acceptors (Lipinski definition) is 4. The summed E-state index contributed by atoms with van der Waals surface area (Å²) in [6.07, 6.45) is -0.171. The average molecular weight is 370 g/mol. The summed E-state index contributed by atoms with van der Waals surface area (Å²) in [4.78, 5) is 25.9. The van der Waals surface area contributed by atoms with Gasteiger partial charge in [-0.2, -0.15) is 0 Å². The lowest BCUT2D eigenvalue weighted by molar-refractivity contribution is -0.139. The number of nitrogens with zero attached hydrogens (tertiary/aromatic N) is 1. The topological polar surface area (TPSA) is 67.9 Å². The first kappa shape index (κ1) is 19.2. The lowest BCUT2D eigenvalue weighted by Crippen LogP contribution is -2.47. The van der Waals surface area contributed by atoms with Gasteiger partial charge in [-0.25, -0.2) is 0 Å². The van der Waals surface area contributed by atoms with Gasteiger partial charge in [0.25, 0.3) is 0 Å². The predicted octanol–water partition coefficient (Wildman–Crippen LogP) is 2.52. The molecule has 27 heavy (non-hydrogen) atoms. The SMILES string of the molecule is COc1ccc2cc(C3CN(C(=O)CNC(=O)C(C)C)CCO3)ccc2c1. The van der Waals surface area contributed by atoms with E-state index in [1.165, 1.54) is 0 Å². The molecule has 6 heteroatoms. The van der Waals surface area contributed by atoms with Gasteiger partial charge < -0.3 is 19.7 Å². The van der Waals surface area contributed by atoms with E-state index in [0.29, 0.717) is 19.7 Å². The standard InChI is InChI=1S/C21H26N2O4/c1-14(2)21(25)22-12-20(24)23-8-9-27-19(13-23)17-5-4-16-11-18(26-3)7-6-15(16)10-17/h4-7,10-11,14,19H,8-9,12-13H2,1-3H3,(H,22,25). The molecule has 1 unspecified atom stereocenters. The number of nitrogens with one attached hydrogen (secondary N) is 1. The van der Waals surface area contributed by atoms with E-state index in [0.717, 1.165) is 22.1 Å². The Bertz CT molecular complexity index is 834. The molecule has 2 aromatic rings. The molecule has 1 aliphatic rings. The fourth-order valence-corrected chi connectivity index (χ4v) is 3.13. The lowest BCUT2D eigenvalue weighted by Gasteiger charge is -2.33. The molecular formula is C21H26N2O4. The lowest BCUT2D eigenvalue weighted by atomic mass is 10.0. The second kappa shape index (κ2) is 8.39. The smallest absolute Gasteiger partial charge is 0.242 e. The summed E-state index contributed by atoms with van der Waals surface area (Å²) in [5, 5.41) is 4.88. The molecule has 1 saturated heterocycles. The van der Waals surface area contributed by atoms with Crippen LogP contribution in [0.3, 0.4) is 0 Å². The monoisotopic (exact) mass is 370 g/mol. The summed E-state index contributed by atoms with van der Waals surface area (Å²) >= 11 is 0. The second-order valence-corrected chi connectivity index (χ2v) is 7.04. The highest BCUT2D eigenvalue weighted by Gasteiger charge is 2.25. The Hall–Kier alpha value is -2.60. The maximum Gasteiger partial charge on any atom is 0.242 e. The van der Waals surface area contributed by atoms with Crippen LogP contribution in [-0.4, -0.2) is 50.1 Å². The van der Waals surface area contributed by atoms with Gasteiger partial charge in [0.1, 0.15) is 11.9 Å². The van der Waals surface area contributed by atoms with Crippen molar-refractivity contribution in [2.24, 2.45) is 5.92 Å². The third-order valence-electron chi connectivity index (χ3n) is 4.80. The van der Waals surface area contributed by atoms with Gasteiger partial charge in [-0.3, -0.25) is 9.59 Å². The number of morpholine rings is 1. The van der Waals surface area contributed by atoms with Gasteiger partial charge in [0.05, 0.1) is 26.8 Å². The molecule has 1 fully saturated rings. The van der Waals surface area contributed by atoms with E-state index in [-0.39, 0.29) is 30.4 Å². The molecule has 0 bridgehead atoms. The second-order valence-electron chi connectivity index (χ2n) is 7.04. The highest BCUT2D eigenvalue weighted by Crippen LogP contribution is 2.27. The minimum atomic E-state index is -0.171. The van der Waals surface area contributed by atoms with Crippen molar-refractivity contribution < 1.29 is 19.1 Å². The van der Waals surface area contributed by atoms with Crippen molar-refractivity contribution in [3.63, 3.8) is 0 Å². The van der Waals surface area contributed by atoms with Crippen LogP contribution in [0.1, 0.15) is 25.5 Å². The largest absolute Gasteiger partial charge is 0.497 e. The zero-order valence-electron chi connectivity index (χ0n) is 16.0. The first-order valence-corrected chi connectivity index (χ1v) is 9.22. The molecule has 1 N–H and O–H groups in total. The van der Waals surface area contributed by atoms with Crippen LogP contribution < -0.4 is 10.1 Å². The summed E-state index contributed by atoms with van der Waals surface area (Å²) in [5.41, 5.74) is 1.04. The number of methoxy groups -OCH3 is 1. The van der Waals surface area contributed by atoms with Crippen molar-refractivity contribution in [1.82, 2.24) is 10.2 Å². The van der Waals surface area contributed by atoms with Crippen molar-refractivity contribution in [2.75, 3.05) is 33.4 Å². The van der Waals surface area contributed by atoms with E-state index >= 15 is 0 Å². The molecule has 3 rings (SSSR count). The maximum atomic E-state index is 12.4. The van der Waals surface area contributed by atoms with Crippen LogP contribution in [0.2, 0.25) is 0 Å². The van der Waals surface area contributed by atoms with Crippen LogP contribution in [0.15, 0.2) is 36.4 Å². The summed E-state index contributed by atoms with van der Waals surface area (Å²) in [5.74, 6) is 0.497. The van der Waals surface area contributed by atoms with E-state index in [1.807, 2.05) is 30.3 Å². The molecular weight excluding hydrogens is 344 g/mol. The third kappa shape index (κ3) is 4.57. The van der Waals surface area contributed by atoms with Crippen molar-refractivity contribution in [1.29, 1.82) is 0 Å². The van der Waals surface area contributed by atoms with Gasteiger partial charge in [0.15, 0.2) is 0 Å². The average Bonchev–Trinajstić information content (AvgIpc) is 2.70. The Morgan fingerprint density at radius 1 is 1.22 bits per heavy atom. The number of benzene rings is 2. The number of rotatable bonds is 5. The van der Waals surface area contributed by atoms with E-state index < -0.39 is 0 Å². The Labute approximate surface area is 159 Å². The van der Waals surface area contributed by atoms with E-state index in [1.54, 1.807) is 25.9 Å². The molecule has 144 valence electrons. The zero-order chi connectivity index (χ0) is 19.4. The number of fused-ring (bicyclic) bond motifs is 1. The molecule has 0 aromatic heterocycles. The van der Waals surface area contributed by atoms with E-state index in [2.05, 4.69) is 11.4 Å². The molecule has 6 nitrogen and oxygen atoms in total. The fourth-order valence-electron chi connectivity index (χ4n) is 3.13. The molecule has 2 aromatic carbocycles. The highest BCUT2D eigenvalue weighted by molar-refractivity contribution is 5.86. The Morgan fingerprint density at radius 2 is 1.96 bits per heavy atom. The van der Waals surface area contributed by atoms with Crippen molar-refractivity contribution >= 4 is 22.6 Å². The van der Waals surface area contributed by atoms with Crippen LogP contribution >= 0.6 is 0 Å². The number of carbonyl (C=O) groups is 2. The first-order chi connectivity index (χ1) is 13.0. The molecule has 0 radical (unpaired) electrons. The highest BCUT2D eigenvalue weighted by atomic mass is 16.5. The fraction of sp³-hybridized carbons (Fsp3) is 0.429. The molecule has 1 atom stereocenters. The van der Waals surface area contributed by atoms with Gasteiger partial charge in [-0.05, 0) is 34.5 Å². The van der Waals surface area contributed by atoms with Crippen LogP contribution in [0.5, 0.6) is 5.75 Å². The van der Waals surface area contributed by atoms with Crippen LogP contribution in [0.25, 0.3) is 10.8 Å². The predicted molar refractivity (Wildman–Crippen MR) is 104 cm³/mol. The quantitative estimate of drug-likeness (QED) is 0.878. The molecule has 0 saturated carbocycles. The normalized spacial score (nSPS) is 17.2. The molecule has 1 aliphatic heterocycles. The minimum Gasteiger partial charge on any atom is -0.497 e. The van der Waals surface area contributed by atoms with Gasteiger partial charge in [-0.15, -0.1) is 0 Å². The number of carbonyl (C=O) groups excluding carboxylic acids is 2. The van der Waals surface area contributed by atoms with E-state index in [9.17, 15) is 9.59 Å². The van der Waals surface area contributed by atoms with Gasteiger partial charge in [-0.1, -0.05) is 32.0 Å². The maximum absolute atomic E-state index is 12.4. The molecule has 2 amide bonds. The Kier molecular flexibility index (Phi) is 5.96. The Morgan fingerprint density at radius 3 is 2.70 bits per heavy atom. The minimum absolute atomic E-state index is 0.0290. The van der Waals surface area contributed by atoms with Crippen molar-refractivity contribution in [3.8, 4) is 5.75 Å². The zero-order valence-corrected chi connectivity index (χ0v) is 16.0. The third-order valence-corrected chi connectivity index (χ3v) is 4.80. The summed E-state index contributed by atoms with van der Waals surface area (Å²) in [6.45, 7) is 5.14. The molecule has 1 heterocycles.